The summed E-state index contributed by atoms with van der Waals surface area (Å²) in [6, 6.07) is 6.63. The Morgan fingerprint density at radius 2 is 1.89 bits per heavy atom. The van der Waals surface area contributed by atoms with Crippen molar-refractivity contribution in [1.82, 2.24) is 19.4 Å². The third-order valence-corrected chi connectivity index (χ3v) is 9.09. The van der Waals surface area contributed by atoms with E-state index in [1.54, 1.807) is 0 Å². The van der Waals surface area contributed by atoms with E-state index < -0.39 is 0 Å². The lowest BCUT2D eigenvalue weighted by Crippen LogP contribution is -2.50. The maximum absolute atomic E-state index is 14.1. The van der Waals surface area contributed by atoms with Crippen LogP contribution >= 0.6 is 0 Å². The molecule has 4 heterocycles. The summed E-state index contributed by atoms with van der Waals surface area (Å²) in [5.41, 5.74) is 2.31. The number of rotatable bonds is 7. The summed E-state index contributed by atoms with van der Waals surface area (Å²) in [6.45, 7) is 9.14. The van der Waals surface area contributed by atoms with Gasteiger partial charge in [0.25, 0.3) is 5.56 Å². The van der Waals surface area contributed by atoms with Crippen LogP contribution in [0.3, 0.4) is 0 Å². The van der Waals surface area contributed by atoms with Gasteiger partial charge in [-0.25, -0.2) is 4.98 Å². The van der Waals surface area contributed by atoms with Gasteiger partial charge in [0.1, 0.15) is 5.65 Å². The number of piperidine rings is 1. The number of nitrogens with zero attached hydrogens (tertiary/aromatic N) is 4. The topological polar surface area (TPSA) is 92.5 Å². The van der Waals surface area contributed by atoms with Crippen LogP contribution in [0.4, 0.5) is 5.95 Å². The second-order valence-electron chi connectivity index (χ2n) is 12.1. The average molecular weight is 520 g/mol. The molecule has 6 rings (SSSR count). The first-order valence-electron chi connectivity index (χ1n) is 14.5. The van der Waals surface area contributed by atoms with Crippen molar-refractivity contribution < 1.29 is 9.84 Å². The van der Waals surface area contributed by atoms with Crippen LogP contribution in [0.25, 0.3) is 21.8 Å². The number of pyridine rings is 1. The lowest BCUT2D eigenvalue weighted by atomic mass is 9.77. The molecule has 2 aromatic heterocycles. The minimum atomic E-state index is -0.280. The molecular formula is C30H41N5O3. The molecule has 0 radical (unpaired) electrons. The van der Waals surface area contributed by atoms with Gasteiger partial charge in [-0.2, -0.15) is 4.98 Å². The van der Waals surface area contributed by atoms with Gasteiger partial charge in [-0.15, -0.1) is 0 Å². The minimum absolute atomic E-state index is 0.0196. The van der Waals surface area contributed by atoms with Gasteiger partial charge in [-0.3, -0.25) is 14.3 Å². The van der Waals surface area contributed by atoms with Gasteiger partial charge in [0.2, 0.25) is 5.95 Å². The van der Waals surface area contributed by atoms with Crippen molar-refractivity contribution in [2.45, 2.75) is 89.9 Å². The lowest BCUT2D eigenvalue weighted by Gasteiger charge is -2.47. The molecule has 1 aromatic carbocycles. The number of ether oxygens (including phenoxy) is 1. The first-order chi connectivity index (χ1) is 18.4. The van der Waals surface area contributed by atoms with Crippen LogP contribution in [-0.4, -0.2) is 63.0 Å². The van der Waals surface area contributed by atoms with Crippen LogP contribution in [0.5, 0.6) is 0 Å². The number of likely N-dealkylation sites (tertiary alicyclic amines) is 1. The van der Waals surface area contributed by atoms with E-state index in [0.717, 1.165) is 74.7 Å². The van der Waals surface area contributed by atoms with Crippen molar-refractivity contribution >= 4 is 27.8 Å². The molecule has 1 aliphatic carbocycles. The normalized spacial score (nSPS) is 24.5. The third-order valence-electron chi connectivity index (χ3n) is 9.09. The van der Waals surface area contributed by atoms with Gasteiger partial charge in [-0.1, -0.05) is 25.5 Å². The molecule has 1 atom stereocenters. The summed E-state index contributed by atoms with van der Waals surface area (Å²) in [5.74, 6) is 0.568. The van der Waals surface area contributed by atoms with E-state index in [2.05, 4.69) is 47.2 Å². The van der Waals surface area contributed by atoms with Gasteiger partial charge in [0, 0.05) is 41.0 Å². The van der Waals surface area contributed by atoms with Gasteiger partial charge >= 0.3 is 0 Å². The lowest BCUT2D eigenvalue weighted by molar-refractivity contribution is -0.140. The van der Waals surface area contributed by atoms with E-state index in [1.165, 1.54) is 18.4 Å². The molecule has 0 unspecified atom stereocenters. The molecular weight excluding hydrogens is 478 g/mol. The molecule has 2 saturated heterocycles. The summed E-state index contributed by atoms with van der Waals surface area (Å²) < 4.78 is 7.39. The highest BCUT2D eigenvalue weighted by molar-refractivity contribution is 6.04. The number of aromatic nitrogens is 3. The zero-order valence-corrected chi connectivity index (χ0v) is 22.8. The summed E-state index contributed by atoms with van der Waals surface area (Å²) in [4.78, 5) is 26.2. The Bertz CT molecular complexity index is 1350. The van der Waals surface area contributed by atoms with Gasteiger partial charge in [0.05, 0.1) is 19.3 Å². The molecule has 1 saturated carbocycles. The number of fused-ring (bicyclic) bond motifs is 3. The highest BCUT2D eigenvalue weighted by Crippen LogP contribution is 2.39. The minimum Gasteiger partial charge on any atom is -0.393 e. The zero-order valence-electron chi connectivity index (χ0n) is 22.8. The van der Waals surface area contributed by atoms with E-state index in [0.29, 0.717) is 29.9 Å². The van der Waals surface area contributed by atoms with Crippen LogP contribution in [-0.2, 0) is 11.3 Å². The van der Waals surface area contributed by atoms with Crippen LogP contribution < -0.4 is 10.9 Å². The van der Waals surface area contributed by atoms with Crippen LogP contribution in [0.15, 0.2) is 29.2 Å². The van der Waals surface area contributed by atoms with Crippen molar-refractivity contribution in [1.29, 1.82) is 0 Å². The SMILES string of the molecule is CCC[C@H](C)Nc1ncc2c3ccc(CN4CCC5(CC4)COC5)cc3c(=O)n(C3CCC(O)CC3)c2n1. The number of aliphatic hydroxyl groups excluding tert-OH is 1. The van der Waals surface area contributed by atoms with E-state index >= 15 is 0 Å². The maximum Gasteiger partial charge on any atom is 0.260 e. The van der Waals surface area contributed by atoms with E-state index in [1.807, 2.05) is 10.8 Å². The second kappa shape index (κ2) is 10.5. The quantitative estimate of drug-likeness (QED) is 0.440. The highest BCUT2D eigenvalue weighted by Gasteiger charge is 2.41. The number of nitrogens with one attached hydrogen (secondary N) is 1. The first kappa shape index (κ1) is 25.7. The van der Waals surface area contributed by atoms with Gasteiger partial charge in [0.15, 0.2) is 0 Å². The number of benzene rings is 1. The molecule has 0 amide bonds. The number of aliphatic hydroxyl groups is 1. The molecule has 2 aliphatic heterocycles. The zero-order chi connectivity index (χ0) is 26.3. The van der Waals surface area contributed by atoms with Crippen molar-refractivity contribution in [3.63, 3.8) is 0 Å². The molecule has 3 aliphatic rings. The van der Waals surface area contributed by atoms with E-state index in [9.17, 15) is 9.90 Å². The largest absolute Gasteiger partial charge is 0.393 e. The molecule has 0 bridgehead atoms. The van der Waals surface area contributed by atoms with Crippen LogP contribution in [0, 0.1) is 5.41 Å². The Kier molecular flexibility index (Phi) is 7.14. The maximum atomic E-state index is 14.1. The van der Waals surface area contributed by atoms with Crippen molar-refractivity contribution in [3.8, 4) is 0 Å². The fraction of sp³-hybridized carbons (Fsp3) is 0.633. The van der Waals surface area contributed by atoms with Gasteiger partial charge < -0.3 is 15.2 Å². The number of hydrogen-bond donors (Lipinski definition) is 2. The van der Waals surface area contributed by atoms with E-state index in [-0.39, 0.29) is 23.7 Å². The summed E-state index contributed by atoms with van der Waals surface area (Å²) in [6.07, 6.45) is 9.06. The fourth-order valence-corrected chi connectivity index (χ4v) is 6.65. The van der Waals surface area contributed by atoms with Crippen LogP contribution in [0.2, 0.25) is 0 Å². The Hall–Kier alpha value is -2.55. The van der Waals surface area contributed by atoms with Crippen molar-refractivity contribution in [2.75, 3.05) is 31.6 Å². The molecule has 3 aromatic rings. The van der Waals surface area contributed by atoms with Crippen molar-refractivity contribution in [2.24, 2.45) is 5.41 Å². The van der Waals surface area contributed by atoms with E-state index in [4.69, 9.17) is 9.72 Å². The first-order valence-corrected chi connectivity index (χ1v) is 14.5. The molecule has 2 N–H and O–H groups in total. The predicted molar refractivity (Wildman–Crippen MR) is 151 cm³/mol. The Morgan fingerprint density at radius 1 is 1.13 bits per heavy atom. The smallest absolute Gasteiger partial charge is 0.260 e. The molecule has 3 fully saturated rings. The van der Waals surface area contributed by atoms with Gasteiger partial charge in [-0.05, 0) is 82.0 Å². The summed E-state index contributed by atoms with van der Waals surface area (Å²) in [5, 5.41) is 16.1. The predicted octanol–water partition coefficient (Wildman–Crippen LogP) is 4.63. The molecule has 1 spiro atoms. The second-order valence-corrected chi connectivity index (χ2v) is 12.1. The molecule has 8 heteroatoms. The molecule has 8 nitrogen and oxygen atoms in total. The monoisotopic (exact) mass is 519 g/mol. The molecule has 204 valence electrons. The third kappa shape index (κ3) is 4.94. The molecule has 38 heavy (non-hydrogen) atoms. The Morgan fingerprint density at radius 3 is 2.58 bits per heavy atom. The van der Waals surface area contributed by atoms with Crippen LogP contribution in [0.1, 0.15) is 76.8 Å². The number of hydrogen-bond acceptors (Lipinski definition) is 7. The average Bonchev–Trinajstić information content (AvgIpc) is 2.89. The Balaban J connectivity index is 1.37. The standard InChI is InChI=1S/C30H41N5O3/c1-3-4-20(2)32-29-31-16-26-24-10-5-21(17-34-13-11-30(12-14-34)18-38-19-30)15-25(24)28(37)35(27(26)33-29)22-6-8-23(36)9-7-22/h5,10,15-16,20,22-23,36H,3-4,6-9,11-14,17-19H2,1-2H3,(H,31,32,33)/t20-,22?,23?/m0/s1. The van der Waals surface area contributed by atoms with Crippen molar-refractivity contribution in [3.05, 3.63) is 40.3 Å². The summed E-state index contributed by atoms with van der Waals surface area (Å²) >= 11 is 0. The highest BCUT2D eigenvalue weighted by atomic mass is 16.5. The number of anilines is 1. The Labute approximate surface area is 224 Å². The fourth-order valence-electron chi connectivity index (χ4n) is 6.65. The summed E-state index contributed by atoms with van der Waals surface area (Å²) in [7, 11) is 0.